The highest BCUT2D eigenvalue weighted by Crippen LogP contribution is 2.36. The molecule has 0 unspecified atom stereocenters. The lowest BCUT2D eigenvalue weighted by atomic mass is 9.89. The summed E-state index contributed by atoms with van der Waals surface area (Å²) in [6.45, 7) is 6.35. The van der Waals surface area contributed by atoms with Gasteiger partial charge in [-0.3, -0.25) is 9.59 Å². The smallest absolute Gasteiger partial charge is 0.305 e. The molecule has 0 aromatic heterocycles. The van der Waals surface area contributed by atoms with E-state index in [2.05, 4.69) is 20.8 Å². The van der Waals surface area contributed by atoms with Crippen molar-refractivity contribution < 1.29 is 39.5 Å². The SMILES string of the molecule is CCCCC[C@H](O)/C=C/[C@@H]1[C@@H](C/C=C/CCCC(=O)OC[C@H](O)COC(=O)CCCCCCCCCCCCCCCCC(C)C)[C@@H](O)C[C@H]1O. The van der Waals surface area contributed by atoms with Crippen molar-refractivity contribution in [1.29, 1.82) is 0 Å². The second-order valence-corrected chi connectivity index (χ2v) is 15.6. The highest BCUT2D eigenvalue weighted by atomic mass is 16.6. The van der Waals surface area contributed by atoms with Gasteiger partial charge >= 0.3 is 11.9 Å². The molecule has 0 spiro atoms. The zero-order valence-electron chi connectivity index (χ0n) is 32.9. The van der Waals surface area contributed by atoms with Crippen molar-refractivity contribution in [3.8, 4) is 0 Å². The van der Waals surface area contributed by atoms with Crippen LogP contribution in [0.1, 0.15) is 181 Å². The van der Waals surface area contributed by atoms with Crippen LogP contribution in [0, 0.1) is 17.8 Å². The third-order valence-electron chi connectivity index (χ3n) is 10.2. The predicted molar refractivity (Wildman–Crippen MR) is 207 cm³/mol. The number of hydrogen-bond donors (Lipinski definition) is 4. The molecule has 1 saturated carbocycles. The highest BCUT2D eigenvalue weighted by Gasteiger charge is 2.39. The van der Waals surface area contributed by atoms with Crippen LogP contribution in [0.3, 0.4) is 0 Å². The molecule has 1 aliphatic carbocycles. The maximum absolute atomic E-state index is 12.1. The predicted octanol–water partition coefficient (Wildman–Crippen LogP) is 9.30. The second kappa shape index (κ2) is 31.8. The number of rotatable bonds is 33. The van der Waals surface area contributed by atoms with E-state index in [0.29, 0.717) is 38.5 Å². The Labute approximate surface area is 311 Å². The molecule has 0 aromatic carbocycles. The highest BCUT2D eigenvalue weighted by molar-refractivity contribution is 5.69. The molecule has 8 nitrogen and oxygen atoms in total. The lowest BCUT2D eigenvalue weighted by Crippen LogP contribution is -2.25. The maximum atomic E-state index is 12.1. The Kier molecular flexibility index (Phi) is 29.4. The largest absolute Gasteiger partial charge is 0.463 e. The Morgan fingerprint density at radius 3 is 1.73 bits per heavy atom. The van der Waals surface area contributed by atoms with Gasteiger partial charge in [0.2, 0.25) is 0 Å². The molecule has 6 atom stereocenters. The Morgan fingerprint density at radius 1 is 0.667 bits per heavy atom. The van der Waals surface area contributed by atoms with Crippen LogP contribution in [-0.4, -0.2) is 70.0 Å². The molecule has 1 fully saturated rings. The molecule has 298 valence electrons. The van der Waals surface area contributed by atoms with Gasteiger partial charge in [-0.2, -0.15) is 0 Å². The average molecular weight is 723 g/mol. The van der Waals surface area contributed by atoms with Gasteiger partial charge in [0.05, 0.1) is 18.3 Å². The van der Waals surface area contributed by atoms with Gasteiger partial charge in [0.25, 0.3) is 0 Å². The monoisotopic (exact) mass is 723 g/mol. The lowest BCUT2D eigenvalue weighted by molar-refractivity contribution is -0.152. The summed E-state index contributed by atoms with van der Waals surface area (Å²) in [7, 11) is 0. The molecular formula is C43H78O8. The van der Waals surface area contributed by atoms with Crippen molar-refractivity contribution in [2.75, 3.05) is 13.2 Å². The first-order valence-corrected chi connectivity index (χ1v) is 21.0. The number of carbonyl (C=O) groups excluding carboxylic acids is 2. The van der Waals surface area contributed by atoms with Crippen molar-refractivity contribution in [1.82, 2.24) is 0 Å². The van der Waals surface area contributed by atoms with E-state index in [1.54, 1.807) is 6.08 Å². The van der Waals surface area contributed by atoms with Crippen LogP contribution in [0.25, 0.3) is 0 Å². The van der Waals surface area contributed by atoms with Crippen LogP contribution in [0.4, 0.5) is 0 Å². The summed E-state index contributed by atoms with van der Waals surface area (Å²) in [6, 6.07) is 0. The third-order valence-corrected chi connectivity index (χ3v) is 10.2. The Bertz CT molecular complexity index is 902. The fourth-order valence-corrected chi connectivity index (χ4v) is 6.91. The normalized spacial score (nSPS) is 20.5. The van der Waals surface area contributed by atoms with Crippen molar-refractivity contribution in [3.63, 3.8) is 0 Å². The molecule has 0 bridgehead atoms. The van der Waals surface area contributed by atoms with E-state index in [1.165, 1.54) is 77.0 Å². The number of esters is 2. The van der Waals surface area contributed by atoms with Gasteiger partial charge in [0, 0.05) is 25.2 Å². The molecule has 4 N–H and O–H groups in total. The Morgan fingerprint density at radius 2 is 1.18 bits per heavy atom. The van der Waals surface area contributed by atoms with E-state index < -0.39 is 30.4 Å². The van der Waals surface area contributed by atoms with Gasteiger partial charge in [-0.1, -0.05) is 154 Å². The maximum Gasteiger partial charge on any atom is 0.305 e. The van der Waals surface area contributed by atoms with Crippen LogP contribution >= 0.6 is 0 Å². The van der Waals surface area contributed by atoms with Gasteiger partial charge in [-0.05, 0) is 43.9 Å². The summed E-state index contributed by atoms with van der Waals surface area (Å²) >= 11 is 0. The molecule has 0 heterocycles. The third kappa shape index (κ3) is 26.6. The molecule has 1 aliphatic rings. The summed E-state index contributed by atoms with van der Waals surface area (Å²) < 4.78 is 10.3. The number of aliphatic hydroxyl groups is 4. The van der Waals surface area contributed by atoms with Crippen LogP contribution in [0.5, 0.6) is 0 Å². The Hall–Kier alpha value is -1.74. The number of aliphatic hydroxyl groups excluding tert-OH is 4. The van der Waals surface area contributed by atoms with Crippen molar-refractivity contribution in [3.05, 3.63) is 24.3 Å². The van der Waals surface area contributed by atoms with E-state index in [1.807, 2.05) is 18.2 Å². The minimum Gasteiger partial charge on any atom is -0.463 e. The van der Waals surface area contributed by atoms with Gasteiger partial charge in [0.15, 0.2) is 0 Å². The molecule has 1 rings (SSSR count). The molecule has 51 heavy (non-hydrogen) atoms. The van der Waals surface area contributed by atoms with E-state index in [-0.39, 0.29) is 37.4 Å². The van der Waals surface area contributed by atoms with E-state index in [9.17, 15) is 30.0 Å². The second-order valence-electron chi connectivity index (χ2n) is 15.6. The zero-order valence-corrected chi connectivity index (χ0v) is 32.9. The van der Waals surface area contributed by atoms with E-state index in [4.69, 9.17) is 9.47 Å². The van der Waals surface area contributed by atoms with Gasteiger partial charge in [-0.25, -0.2) is 0 Å². The number of unbranched alkanes of at least 4 members (excludes halogenated alkanes) is 16. The quantitative estimate of drug-likeness (QED) is 0.0299. The summed E-state index contributed by atoms with van der Waals surface area (Å²) in [4.78, 5) is 24.1. The first-order chi connectivity index (χ1) is 24.6. The average Bonchev–Trinajstić information content (AvgIpc) is 3.37. The van der Waals surface area contributed by atoms with Gasteiger partial charge in [0.1, 0.15) is 19.3 Å². The minimum absolute atomic E-state index is 0.116. The summed E-state index contributed by atoms with van der Waals surface area (Å²) in [6.07, 6.45) is 30.5. The molecule has 0 saturated heterocycles. The fraction of sp³-hybridized carbons (Fsp3) is 0.860. The standard InChI is InChI=1S/C43H78O8/c1-4-5-20-26-36(44)30-31-39-38(40(46)32-41(39)47)27-22-18-19-24-29-43(49)51-34-37(45)33-50-42(48)28-23-17-15-13-11-9-7-6-8-10-12-14-16-21-25-35(2)3/h18,22,30-31,35-41,44-47H,4-17,19-21,23-29,32-34H2,1-3H3/b22-18+,31-30+/t36-,37+,38+,39+,40-,41+/m0/s1. The minimum atomic E-state index is -1.04. The van der Waals surface area contributed by atoms with Gasteiger partial charge in [-0.15, -0.1) is 0 Å². The molecule has 0 aliphatic heterocycles. The van der Waals surface area contributed by atoms with E-state index >= 15 is 0 Å². The zero-order chi connectivity index (χ0) is 37.5. The molecule has 0 aromatic rings. The summed E-state index contributed by atoms with van der Waals surface area (Å²) in [5, 5.41) is 41.1. The number of ether oxygens (including phenoxy) is 2. The van der Waals surface area contributed by atoms with Crippen LogP contribution in [0.15, 0.2) is 24.3 Å². The van der Waals surface area contributed by atoms with E-state index in [0.717, 1.165) is 44.4 Å². The number of carbonyl (C=O) groups is 2. The first-order valence-electron chi connectivity index (χ1n) is 21.0. The van der Waals surface area contributed by atoms with Crippen molar-refractivity contribution in [2.24, 2.45) is 17.8 Å². The first kappa shape index (κ1) is 47.3. The van der Waals surface area contributed by atoms with Crippen LogP contribution < -0.4 is 0 Å². The fourth-order valence-electron chi connectivity index (χ4n) is 6.91. The van der Waals surface area contributed by atoms with Gasteiger partial charge < -0.3 is 29.9 Å². The number of allylic oxidation sites excluding steroid dienone is 2. The molecule has 0 amide bonds. The summed E-state index contributed by atoms with van der Waals surface area (Å²) in [5.41, 5.74) is 0. The number of hydrogen-bond acceptors (Lipinski definition) is 8. The Balaban J connectivity index is 2.01. The van der Waals surface area contributed by atoms with Crippen molar-refractivity contribution in [2.45, 2.75) is 206 Å². The summed E-state index contributed by atoms with van der Waals surface area (Å²) in [5.74, 6) is -0.211. The molecule has 8 heteroatoms. The topological polar surface area (TPSA) is 134 Å². The molecule has 0 radical (unpaired) electrons. The van der Waals surface area contributed by atoms with Crippen molar-refractivity contribution >= 4 is 11.9 Å². The van der Waals surface area contributed by atoms with Crippen LogP contribution in [0.2, 0.25) is 0 Å². The van der Waals surface area contributed by atoms with Crippen LogP contribution in [-0.2, 0) is 19.1 Å². The lowest BCUT2D eigenvalue weighted by Gasteiger charge is -2.19. The molecular weight excluding hydrogens is 644 g/mol.